The summed E-state index contributed by atoms with van der Waals surface area (Å²) in [6, 6.07) is 7.99. The average Bonchev–Trinajstić information content (AvgIpc) is 2.88. The van der Waals surface area contributed by atoms with E-state index in [2.05, 4.69) is 26.7 Å². The molecule has 0 radical (unpaired) electrons. The summed E-state index contributed by atoms with van der Waals surface area (Å²) < 4.78 is 7.30. The fraction of sp³-hybridized carbons (Fsp3) is 0.250. The molecule has 0 aliphatic rings. The lowest BCUT2D eigenvalue weighted by Gasteiger charge is -2.07. The van der Waals surface area contributed by atoms with E-state index in [0.29, 0.717) is 6.54 Å². The van der Waals surface area contributed by atoms with E-state index in [1.807, 2.05) is 44.2 Å². The Balaban J connectivity index is 2.50. The van der Waals surface area contributed by atoms with Gasteiger partial charge in [0.15, 0.2) is 0 Å². The molecule has 21 heavy (non-hydrogen) atoms. The maximum absolute atomic E-state index is 5.20. The predicted octanol–water partition coefficient (Wildman–Crippen LogP) is 3.71. The van der Waals surface area contributed by atoms with Crippen molar-refractivity contribution in [1.29, 1.82) is 0 Å². The van der Waals surface area contributed by atoms with E-state index in [4.69, 9.17) is 4.74 Å². The van der Waals surface area contributed by atoms with E-state index in [9.17, 15) is 0 Å². The Morgan fingerprint density at radius 3 is 2.62 bits per heavy atom. The van der Waals surface area contributed by atoms with Gasteiger partial charge in [-0.15, -0.1) is 23.0 Å². The van der Waals surface area contributed by atoms with E-state index >= 15 is 0 Å². The highest BCUT2D eigenvalue weighted by molar-refractivity contribution is 7.07. The first-order valence-electron chi connectivity index (χ1n) is 6.64. The maximum Gasteiger partial charge on any atom is 0.211 e. The van der Waals surface area contributed by atoms with E-state index in [1.165, 1.54) is 0 Å². The number of allylic oxidation sites excluding steroid dienone is 1. The molecule has 0 atom stereocenters. The first-order chi connectivity index (χ1) is 10.2. The van der Waals surface area contributed by atoms with Crippen LogP contribution in [0, 0.1) is 0 Å². The number of ether oxygens (including phenoxy) is 1. The summed E-state index contributed by atoms with van der Waals surface area (Å²) in [7, 11) is 1.67. The summed E-state index contributed by atoms with van der Waals surface area (Å²) in [5.74, 6) is 0.848. The van der Waals surface area contributed by atoms with Crippen LogP contribution in [-0.4, -0.2) is 17.4 Å². The fourth-order valence-electron chi connectivity index (χ4n) is 1.85. The van der Waals surface area contributed by atoms with Gasteiger partial charge >= 0.3 is 0 Å². The van der Waals surface area contributed by atoms with Gasteiger partial charge in [0, 0.05) is 17.6 Å². The topological polar surface area (TPSA) is 38.9 Å². The first kappa shape index (κ1) is 15.3. The largest absolute Gasteiger partial charge is 0.497 e. The van der Waals surface area contributed by atoms with Crippen LogP contribution in [0.5, 0.6) is 5.75 Å². The fourth-order valence-corrected chi connectivity index (χ4v) is 2.72. The van der Waals surface area contributed by atoms with Crippen LogP contribution in [0.4, 0.5) is 0 Å². The zero-order valence-corrected chi connectivity index (χ0v) is 13.4. The number of rotatable bonds is 5. The number of aromatic nitrogens is 1. The van der Waals surface area contributed by atoms with Crippen molar-refractivity contribution < 1.29 is 4.74 Å². The summed E-state index contributed by atoms with van der Waals surface area (Å²) in [6.07, 6.45) is 1.86. The van der Waals surface area contributed by atoms with Crippen molar-refractivity contribution >= 4 is 17.0 Å². The quantitative estimate of drug-likeness (QED) is 0.471. The lowest BCUT2D eigenvalue weighted by atomic mass is 10.1. The minimum Gasteiger partial charge on any atom is -0.497 e. The number of benzene rings is 1. The standard InChI is InChI=1S/C16H19N3OS/c1-5-10-19-15(11-21-16(19)18-17-12(2)3)13-6-8-14(20-4)9-7-13/h5-9,11H,1,10H2,2-4H3/b18-16-. The molecule has 2 rings (SSSR count). The van der Waals surface area contributed by atoms with Crippen LogP contribution in [-0.2, 0) is 6.54 Å². The second kappa shape index (κ2) is 7.04. The van der Waals surface area contributed by atoms with Crippen LogP contribution in [0.15, 0.2) is 52.5 Å². The molecule has 1 aromatic heterocycles. The normalized spacial score (nSPS) is 11.3. The molecule has 0 bridgehead atoms. The molecule has 0 fully saturated rings. The van der Waals surface area contributed by atoms with E-state index in [0.717, 1.165) is 27.5 Å². The number of methoxy groups -OCH3 is 1. The highest BCUT2D eigenvalue weighted by Crippen LogP contribution is 2.23. The van der Waals surface area contributed by atoms with Crippen LogP contribution < -0.4 is 9.54 Å². The minimum atomic E-state index is 0.696. The molecule has 4 nitrogen and oxygen atoms in total. The summed E-state index contributed by atoms with van der Waals surface area (Å²) in [4.78, 5) is 0.863. The summed E-state index contributed by atoms with van der Waals surface area (Å²) in [6.45, 7) is 8.38. The van der Waals surface area contributed by atoms with Gasteiger partial charge in [-0.05, 0) is 43.7 Å². The van der Waals surface area contributed by atoms with Gasteiger partial charge in [-0.1, -0.05) is 6.08 Å². The third-order valence-electron chi connectivity index (χ3n) is 2.83. The van der Waals surface area contributed by atoms with E-state index in [-0.39, 0.29) is 0 Å². The molecular formula is C16H19N3OS. The zero-order chi connectivity index (χ0) is 15.2. The Bertz CT molecular complexity index is 704. The van der Waals surface area contributed by atoms with Crippen molar-refractivity contribution in [2.24, 2.45) is 10.2 Å². The molecule has 0 N–H and O–H groups in total. The maximum atomic E-state index is 5.20. The van der Waals surface area contributed by atoms with Gasteiger partial charge < -0.3 is 9.30 Å². The number of thiazole rings is 1. The Labute approximate surface area is 128 Å². The monoisotopic (exact) mass is 301 g/mol. The van der Waals surface area contributed by atoms with Gasteiger partial charge in [-0.2, -0.15) is 5.10 Å². The minimum absolute atomic E-state index is 0.696. The molecular weight excluding hydrogens is 282 g/mol. The lowest BCUT2D eigenvalue weighted by molar-refractivity contribution is 0.415. The second-order valence-corrected chi connectivity index (χ2v) is 5.52. The van der Waals surface area contributed by atoms with E-state index in [1.54, 1.807) is 18.4 Å². The number of hydrogen-bond donors (Lipinski definition) is 0. The highest BCUT2D eigenvalue weighted by Gasteiger charge is 2.07. The van der Waals surface area contributed by atoms with Crippen LogP contribution >= 0.6 is 11.3 Å². The van der Waals surface area contributed by atoms with Gasteiger partial charge in [0.2, 0.25) is 4.80 Å². The molecule has 0 saturated carbocycles. The van der Waals surface area contributed by atoms with Crippen molar-refractivity contribution in [3.63, 3.8) is 0 Å². The molecule has 0 amide bonds. The highest BCUT2D eigenvalue weighted by atomic mass is 32.1. The molecule has 5 heteroatoms. The van der Waals surface area contributed by atoms with Crippen LogP contribution in [0.25, 0.3) is 11.3 Å². The molecule has 1 heterocycles. The van der Waals surface area contributed by atoms with Crippen molar-refractivity contribution in [1.82, 2.24) is 4.57 Å². The lowest BCUT2D eigenvalue weighted by Crippen LogP contribution is -2.14. The third kappa shape index (κ3) is 3.70. The summed E-state index contributed by atoms with van der Waals surface area (Å²) >= 11 is 1.57. The van der Waals surface area contributed by atoms with Gasteiger partial charge in [-0.3, -0.25) is 0 Å². The summed E-state index contributed by atoms with van der Waals surface area (Å²) in [5, 5.41) is 10.5. The van der Waals surface area contributed by atoms with E-state index < -0.39 is 0 Å². The summed E-state index contributed by atoms with van der Waals surface area (Å²) in [5.41, 5.74) is 3.15. The van der Waals surface area contributed by atoms with Crippen LogP contribution in [0.1, 0.15) is 13.8 Å². The zero-order valence-electron chi connectivity index (χ0n) is 12.5. The molecule has 0 unspecified atom stereocenters. The molecule has 0 saturated heterocycles. The second-order valence-electron chi connectivity index (χ2n) is 4.68. The molecule has 1 aromatic carbocycles. The van der Waals surface area contributed by atoms with Crippen molar-refractivity contribution in [3.05, 3.63) is 47.1 Å². The smallest absolute Gasteiger partial charge is 0.211 e. The Kier molecular flexibility index (Phi) is 5.11. The average molecular weight is 301 g/mol. The Hall–Kier alpha value is -2.14. The Morgan fingerprint density at radius 2 is 2.05 bits per heavy atom. The SMILES string of the molecule is C=CCn1c(-c2ccc(OC)cc2)cs/c1=N\N=C(C)C. The predicted molar refractivity (Wildman–Crippen MR) is 88.8 cm³/mol. The third-order valence-corrected chi connectivity index (χ3v) is 3.68. The number of hydrogen-bond acceptors (Lipinski definition) is 4. The van der Waals surface area contributed by atoms with Gasteiger partial charge in [0.1, 0.15) is 5.75 Å². The van der Waals surface area contributed by atoms with Crippen molar-refractivity contribution in [2.45, 2.75) is 20.4 Å². The van der Waals surface area contributed by atoms with Crippen molar-refractivity contribution in [2.75, 3.05) is 7.11 Å². The Morgan fingerprint density at radius 1 is 1.33 bits per heavy atom. The molecule has 110 valence electrons. The molecule has 2 aromatic rings. The van der Waals surface area contributed by atoms with Crippen molar-refractivity contribution in [3.8, 4) is 17.0 Å². The van der Waals surface area contributed by atoms with Crippen LogP contribution in [0.2, 0.25) is 0 Å². The first-order valence-corrected chi connectivity index (χ1v) is 7.52. The number of nitrogens with zero attached hydrogens (tertiary/aromatic N) is 3. The van der Waals surface area contributed by atoms with Crippen LogP contribution in [0.3, 0.4) is 0 Å². The molecule has 0 spiro atoms. The van der Waals surface area contributed by atoms with Gasteiger partial charge in [0.25, 0.3) is 0 Å². The van der Waals surface area contributed by atoms with Gasteiger partial charge in [-0.25, -0.2) is 0 Å². The molecule has 0 aliphatic carbocycles. The van der Waals surface area contributed by atoms with Gasteiger partial charge in [0.05, 0.1) is 12.8 Å². The molecule has 0 aliphatic heterocycles.